The second-order valence-corrected chi connectivity index (χ2v) is 4.41. The Bertz CT molecular complexity index is 784. The number of hydrogen-bond donors (Lipinski definition) is 1. The van der Waals surface area contributed by atoms with Gasteiger partial charge in [0.05, 0.1) is 5.69 Å². The fraction of sp³-hybridized carbons (Fsp3) is 0. The van der Waals surface area contributed by atoms with Gasteiger partial charge in [0.1, 0.15) is 0 Å². The van der Waals surface area contributed by atoms with Crippen LogP contribution in [0.1, 0.15) is 0 Å². The molecule has 0 bridgehead atoms. The molecule has 0 aliphatic heterocycles. The van der Waals surface area contributed by atoms with Crippen molar-refractivity contribution in [3.8, 4) is 0 Å². The SMILES string of the molecule is Fc1ccc(Nc2ccc3ccccc3c2)c(F)c1F. The average Bonchev–Trinajstić information content (AvgIpc) is 2.48. The molecule has 3 aromatic carbocycles. The standard InChI is InChI=1S/C16H10F3N/c17-13-7-8-14(16(19)15(13)18)20-12-6-5-10-3-1-2-4-11(10)9-12/h1-9,20H. The van der Waals surface area contributed by atoms with Crippen molar-refractivity contribution in [2.45, 2.75) is 0 Å². The number of rotatable bonds is 2. The van der Waals surface area contributed by atoms with Gasteiger partial charge >= 0.3 is 0 Å². The van der Waals surface area contributed by atoms with Crippen molar-refractivity contribution < 1.29 is 13.2 Å². The van der Waals surface area contributed by atoms with Crippen molar-refractivity contribution in [2.75, 3.05) is 5.32 Å². The van der Waals surface area contributed by atoms with E-state index in [0.29, 0.717) is 5.69 Å². The van der Waals surface area contributed by atoms with Crippen LogP contribution in [0.4, 0.5) is 24.5 Å². The van der Waals surface area contributed by atoms with Crippen molar-refractivity contribution in [1.82, 2.24) is 0 Å². The lowest BCUT2D eigenvalue weighted by molar-refractivity contribution is 0.449. The van der Waals surface area contributed by atoms with Gasteiger partial charge < -0.3 is 5.32 Å². The van der Waals surface area contributed by atoms with Crippen molar-refractivity contribution in [3.63, 3.8) is 0 Å². The number of anilines is 2. The van der Waals surface area contributed by atoms with Crippen LogP contribution in [-0.4, -0.2) is 0 Å². The molecule has 0 saturated heterocycles. The number of fused-ring (bicyclic) bond motifs is 1. The predicted octanol–water partition coefficient (Wildman–Crippen LogP) is 5.00. The Kier molecular flexibility index (Phi) is 3.06. The van der Waals surface area contributed by atoms with Gasteiger partial charge in [-0.2, -0.15) is 0 Å². The summed E-state index contributed by atoms with van der Waals surface area (Å²) >= 11 is 0. The first kappa shape index (κ1) is 12.5. The quantitative estimate of drug-likeness (QED) is 0.648. The van der Waals surface area contributed by atoms with E-state index in [1.807, 2.05) is 36.4 Å². The van der Waals surface area contributed by atoms with Crippen LogP contribution >= 0.6 is 0 Å². The first-order valence-electron chi connectivity index (χ1n) is 6.04. The molecule has 0 atom stereocenters. The molecular weight excluding hydrogens is 263 g/mol. The van der Waals surface area contributed by atoms with Crippen molar-refractivity contribution in [3.05, 3.63) is 72.0 Å². The molecule has 0 saturated carbocycles. The summed E-state index contributed by atoms with van der Waals surface area (Å²) in [6.07, 6.45) is 0. The molecule has 20 heavy (non-hydrogen) atoms. The van der Waals surface area contributed by atoms with E-state index in [1.165, 1.54) is 6.07 Å². The average molecular weight is 273 g/mol. The first-order chi connectivity index (χ1) is 9.65. The Balaban J connectivity index is 1.99. The van der Waals surface area contributed by atoms with Gasteiger partial charge in [0.2, 0.25) is 0 Å². The molecule has 0 unspecified atom stereocenters. The second-order valence-electron chi connectivity index (χ2n) is 4.41. The third kappa shape index (κ3) is 2.20. The summed E-state index contributed by atoms with van der Waals surface area (Å²) in [5.74, 6) is -3.90. The Morgan fingerprint density at radius 1 is 0.700 bits per heavy atom. The van der Waals surface area contributed by atoms with Gasteiger partial charge in [0.15, 0.2) is 17.5 Å². The lowest BCUT2D eigenvalue weighted by atomic mass is 10.1. The van der Waals surface area contributed by atoms with E-state index in [0.717, 1.165) is 16.8 Å². The molecule has 0 aliphatic carbocycles. The lowest BCUT2D eigenvalue weighted by Gasteiger charge is -2.09. The molecule has 0 aliphatic rings. The van der Waals surface area contributed by atoms with E-state index in [2.05, 4.69) is 5.32 Å². The molecule has 1 N–H and O–H groups in total. The Hall–Kier alpha value is -2.49. The van der Waals surface area contributed by atoms with E-state index in [4.69, 9.17) is 0 Å². The summed E-state index contributed by atoms with van der Waals surface area (Å²) < 4.78 is 39.6. The van der Waals surface area contributed by atoms with Crippen LogP contribution in [0.3, 0.4) is 0 Å². The molecule has 0 radical (unpaired) electrons. The molecule has 0 amide bonds. The van der Waals surface area contributed by atoms with Crippen LogP contribution in [0, 0.1) is 17.5 Å². The minimum atomic E-state index is -1.48. The maximum atomic E-state index is 13.6. The van der Waals surface area contributed by atoms with Gasteiger partial charge in [-0.3, -0.25) is 0 Å². The van der Waals surface area contributed by atoms with Crippen LogP contribution in [0.25, 0.3) is 10.8 Å². The van der Waals surface area contributed by atoms with E-state index in [-0.39, 0.29) is 5.69 Å². The minimum absolute atomic E-state index is 0.0980. The molecule has 4 heteroatoms. The van der Waals surface area contributed by atoms with E-state index in [9.17, 15) is 13.2 Å². The third-order valence-electron chi connectivity index (χ3n) is 3.06. The molecule has 3 aromatic rings. The third-order valence-corrected chi connectivity index (χ3v) is 3.06. The predicted molar refractivity (Wildman–Crippen MR) is 73.5 cm³/mol. The summed E-state index contributed by atoms with van der Waals surface area (Å²) in [7, 11) is 0. The topological polar surface area (TPSA) is 12.0 Å². The maximum absolute atomic E-state index is 13.6. The number of hydrogen-bond acceptors (Lipinski definition) is 1. The Labute approximate surface area is 113 Å². The molecule has 0 spiro atoms. The zero-order chi connectivity index (χ0) is 14.1. The van der Waals surface area contributed by atoms with Gasteiger partial charge in [0, 0.05) is 5.69 Å². The van der Waals surface area contributed by atoms with E-state index < -0.39 is 17.5 Å². The molecule has 1 nitrogen and oxygen atoms in total. The summed E-state index contributed by atoms with van der Waals surface area (Å²) in [6.45, 7) is 0. The molecule has 0 heterocycles. The van der Waals surface area contributed by atoms with Gasteiger partial charge in [-0.25, -0.2) is 13.2 Å². The normalized spacial score (nSPS) is 10.8. The van der Waals surface area contributed by atoms with Crippen LogP contribution < -0.4 is 5.32 Å². The van der Waals surface area contributed by atoms with E-state index >= 15 is 0 Å². The highest BCUT2D eigenvalue weighted by atomic mass is 19.2. The highest BCUT2D eigenvalue weighted by Gasteiger charge is 2.13. The van der Waals surface area contributed by atoms with E-state index in [1.54, 1.807) is 6.07 Å². The molecule has 100 valence electrons. The zero-order valence-electron chi connectivity index (χ0n) is 10.3. The molecule has 3 rings (SSSR count). The fourth-order valence-electron chi connectivity index (χ4n) is 2.05. The first-order valence-corrected chi connectivity index (χ1v) is 6.04. The van der Waals surface area contributed by atoms with Gasteiger partial charge in [-0.15, -0.1) is 0 Å². The molecule has 0 fully saturated rings. The van der Waals surface area contributed by atoms with Crippen LogP contribution in [0.15, 0.2) is 54.6 Å². The largest absolute Gasteiger partial charge is 0.353 e. The second kappa shape index (κ2) is 4.89. The van der Waals surface area contributed by atoms with Crippen LogP contribution in [-0.2, 0) is 0 Å². The maximum Gasteiger partial charge on any atom is 0.196 e. The summed E-state index contributed by atoms with van der Waals surface area (Å²) in [6, 6.07) is 15.2. The van der Waals surface area contributed by atoms with Crippen LogP contribution in [0.5, 0.6) is 0 Å². The fourth-order valence-corrected chi connectivity index (χ4v) is 2.05. The number of nitrogens with one attached hydrogen (secondary N) is 1. The van der Waals surface area contributed by atoms with Crippen molar-refractivity contribution in [2.24, 2.45) is 0 Å². The highest BCUT2D eigenvalue weighted by Crippen LogP contribution is 2.25. The number of halogens is 3. The Morgan fingerprint density at radius 2 is 1.45 bits per heavy atom. The minimum Gasteiger partial charge on any atom is -0.353 e. The number of benzene rings is 3. The highest BCUT2D eigenvalue weighted by molar-refractivity contribution is 5.86. The molecular formula is C16H10F3N. The van der Waals surface area contributed by atoms with Crippen LogP contribution in [0.2, 0.25) is 0 Å². The lowest BCUT2D eigenvalue weighted by Crippen LogP contribution is -1.98. The van der Waals surface area contributed by atoms with Crippen molar-refractivity contribution >= 4 is 22.1 Å². The van der Waals surface area contributed by atoms with Gasteiger partial charge in [-0.1, -0.05) is 30.3 Å². The summed E-state index contributed by atoms with van der Waals surface area (Å²) in [5.41, 5.74) is 0.507. The van der Waals surface area contributed by atoms with Crippen molar-refractivity contribution in [1.29, 1.82) is 0 Å². The smallest absolute Gasteiger partial charge is 0.196 e. The molecule has 0 aromatic heterocycles. The zero-order valence-corrected chi connectivity index (χ0v) is 10.3. The van der Waals surface area contributed by atoms with Gasteiger partial charge in [-0.05, 0) is 35.0 Å². The van der Waals surface area contributed by atoms with Gasteiger partial charge in [0.25, 0.3) is 0 Å². The monoisotopic (exact) mass is 273 g/mol. The summed E-state index contributed by atoms with van der Waals surface area (Å²) in [5, 5.41) is 4.77. The Morgan fingerprint density at radius 3 is 2.25 bits per heavy atom. The summed E-state index contributed by atoms with van der Waals surface area (Å²) in [4.78, 5) is 0.